The van der Waals surface area contributed by atoms with Crippen LogP contribution in [0.2, 0.25) is 0 Å². The molecule has 1 N–H and O–H groups in total. The number of rotatable bonds is 4. The zero-order valence-electron chi connectivity index (χ0n) is 10.6. The maximum Gasteiger partial charge on any atom is 0.154 e. The van der Waals surface area contributed by atoms with Gasteiger partial charge in [0, 0.05) is 16.2 Å². The van der Waals surface area contributed by atoms with E-state index in [0.717, 1.165) is 22.7 Å². The Labute approximate surface area is 111 Å². The average molecular weight is 260 g/mol. The number of aliphatic hydroxyl groups is 1. The number of aliphatic hydroxyl groups excluding tert-OH is 1. The smallest absolute Gasteiger partial charge is 0.154 e. The molecular formula is C14H16N2OS. The molecule has 0 fully saturated rings. The zero-order chi connectivity index (χ0) is 13.0. The third kappa shape index (κ3) is 3.09. The summed E-state index contributed by atoms with van der Waals surface area (Å²) in [6, 6.07) is 10.2. The minimum Gasteiger partial charge on any atom is -0.388 e. The molecule has 1 heterocycles. The number of aromatic nitrogens is 2. The van der Waals surface area contributed by atoms with Gasteiger partial charge in [-0.3, -0.25) is 0 Å². The minimum absolute atomic E-state index is 0.127. The second-order valence-electron chi connectivity index (χ2n) is 3.93. The molecule has 1 aromatic heterocycles. The molecule has 4 heteroatoms. The van der Waals surface area contributed by atoms with Crippen molar-refractivity contribution in [1.29, 1.82) is 0 Å². The normalized spacial score (nSPS) is 10.6. The van der Waals surface area contributed by atoms with Gasteiger partial charge in [0.05, 0.1) is 5.69 Å². The summed E-state index contributed by atoms with van der Waals surface area (Å²) in [5.74, 6) is 1.54. The van der Waals surface area contributed by atoms with Crippen molar-refractivity contribution >= 4 is 11.8 Å². The fourth-order valence-corrected chi connectivity index (χ4v) is 2.40. The number of benzene rings is 1. The first-order chi connectivity index (χ1) is 8.72. The van der Waals surface area contributed by atoms with Crippen molar-refractivity contribution < 1.29 is 5.11 Å². The molecule has 0 aliphatic heterocycles. The molecule has 18 heavy (non-hydrogen) atoms. The monoisotopic (exact) mass is 260 g/mol. The van der Waals surface area contributed by atoms with E-state index >= 15 is 0 Å². The van der Waals surface area contributed by atoms with E-state index in [4.69, 9.17) is 5.11 Å². The van der Waals surface area contributed by atoms with Crippen LogP contribution < -0.4 is 0 Å². The number of thioether (sulfide) groups is 1. The molecule has 0 saturated heterocycles. The van der Waals surface area contributed by atoms with Crippen LogP contribution in [0, 0.1) is 6.92 Å². The van der Waals surface area contributed by atoms with Gasteiger partial charge in [-0.15, -0.1) is 11.8 Å². The number of aryl methyl sites for hydroxylation is 1. The second kappa shape index (κ2) is 5.98. The summed E-state index contributed by atoms with van der Waals surface area (Å²) in [7, 11) is 0. The van der Waals surface area contributed by atoms with E-state index in [2.05, 4.69) is 41.2 Å². The first kappa shape index (κ1) is 13.1. The van der Waals surface area contributed by atoms with Gasteiger partial charge >= 0.3 is 0 Å². The van der Waals surface area contributed by atoms with Gasteiger partial charge in [-0.05, 0) is 30.9 Å². The second-order valence-corrected chi connectivity index (χ2v) is 5.26. The fraction of sp³-hybridized carbons (Fsp3) is 0.286. The molecule has 0 unspecified atom stereocenters. The first-order valence-electron chi connectivity index (χ1n) is 5.91. The van der Waals surface area contributed by atoms with Crippen LogP contribution in [0.3, 0.4) is 0 Å². The Morgan fingerprint density at radius 1 is 1.17 bits per heavy atom. The Hall–Kier alpha value is -1.39. The maximum absolute atomic E-state index is 9.12. The fourth-order valence-electron chi connectivity index (χ4n) is 1.74. The van der Waals surface area contributed by atoms with Crippen molar-refractivity contribution in [1.82, 2.24) is 9.97 Å². The summed E-state index contributed by atoms with van der Waals surface area (Å²) in [5, 5.41) is 9.12. The molecule has 0 bridgehead atoms. The van der Waals surface area contributed by atoms with Crippen molar-refractivity contribution in [3.63, 3.8) is 0 Å². The SMILES string of the molecule is CCSc1ccc(-c2cc(C)nc(CO)n2)cc1. The third-order valence-electron chi connectivity index (χ3n) is 2.50. The summed E-state index contributed by atoms with van der Waals surface area (Å²) in [6.07, 6.45) is 0. The van der Waals surface area contributed by atoms with Gasteiger partial charge in [-0.2, -0.15) is 0 Å². The Bertz CT molecular complexity index is 526. The van der Waals surface area contributed by atoms with E-state index in [1.54, 1.807) is 0 Å². The lowest BCUT2D eigenvalue weighted by Crippen LogP contribution is -1.98. The van der Waals surface area contributed by atoms with Crippen LogP contribution in [0.25, 0.3) is 11.3 Å². The molecule has 0 radical (unpaired) electrons. The van der Waals surface area contributed by atoms with E-state index in [0.29, 0.717) is 5.82 Å². The van der Waals surface area contributed by atoms with Gasteiger partial charge in [0.1, 0.15) is 6.61 Å². The molecule has 0 amide bonds. The molecule has 94 valence electrons. The Morgan fingerprint density at radius 3 is 2.50 bits per heavy atom. The highest BCUT2D eigenvalue weighted by molar-refractivity contribution is 7.99. The minimum atomic E-state index is -0.127. The van der Waals surface area contributed by atoms with Crippen molar-refractivity contribution in [2.75, 3.05) is 5.75 Å². The number of hydrogen-bond acceptors (Lipinski definition) is 4. The zero-order valence-corrected chi connectivity index (χ0v) is 11.4. The third-order valence-corrected chi connectivity index (χ3v) is 3.40. The largest absolute Gasteiger partial charge is 0.388 e. The van der Waals surface area contributed by atoms with Crippen molar-refractivity contribution in [2.45, 2.75) is 25.3 Å². The summed E-state index contributed by atoms with van der Waals surface area (Å²) >= 11 is 1.82. The van der Waals surface area contributed by atoms with E-state index < -0.39 is 0 Å². The molecule has 0 atom stereocenters. The quantitative estimate of drug-likeness (QED) is 0.858. The summed E-state index contributed by atoms with van der Waals surface area (Å²) in [4.78, 5) is 9.75. The van der Waals surface area contributed by atoms with Crippen LogP contribution in [-0.2, 0) is 6.61 Å². The van der Waals surface area contributed by atoms with Gasteiger partial charge < -0.3 is 5.11 Å². The highest BCUT2D eigenvalue weighted by Crippen LogP contribution is 2.23. The maximum atomic E-state index is 9.12. The lowest BCUT2D eigenvalue weighted by molar-refractivity contribution is 0.271. The van der Waals surface area contributed by atoms with E-state index in [9.17, 15) is 0 Å². The Kier molecular flexibility index (Phi) is 4.33. The van der Waals surface area contributed by atoms with Crippen molar-refractivity contribution in [2.24, 2.45) is 0 Å². The summed E-state index contributed by atoms with van der Waals surface area (Å²) < 4.78 is 0. The Morgan fingerprint density at radius 2 is 1.89 bits per heavy atom. The highest BCUT2D eigenvalue weighted by atomic mass is 32.2. The molecule has 0 aliphatic rings. The average Bonchev–Trinajstić information content (AvgIpc) is 2.39. The van der Waals surface area contributed by atoms with Crippen LogP contribution in [0.4, 0.5) is 0 Å². The predicted octanol–water partition coefficient (Wildman–Crippen LogP) is 3.06. The van der Waals surface area contributed by atoms with Crippen molar-refractivity contribution in [3.05, 3.63) is 41.9 Å². The van der Waals surface area contributed by atoms with Crippen molar-refractivity contribution in [3.8, 4) is 11.3 Å². The Balaban J connectivity index is 2.33. The standard InChI is InChI=1S/C14H16N2OS/c1-3-18-12-6-4-11(5-7-12)13-8-10(2)15-14(9-17)16-13/h4-8,17H,3,9H2,1-2H3. The van der Waals surface area contributed by atoms with E-state index in [1.165, 1.54) is 4.90 Å². The topological polar surface area (TPSA) is 46.0 Å². The van der Waals surface area contributed by atoms with Crippen LogP contribution in [0.15, 0.2) is 35.2 Å². The van der Waals surface area contributed by atoms with Gasteiger partial charge in [0.2, 0.25) is 0 Å². The van der Waals surface area contributed by atoms with Crippen LogP contribution in [0.1, 0.15) is 18.4 Å². The molecule has 1 aromatic carbocycles. The molecule has 0 spiro atoms. The predicted molar refractivity (Wildman–Crippen MR) is 74.5 cm³/mol. The van der Waals surface area contributed by atoms with Gasteiger partial charge in [0.15, 0.2) is 5.82 Å². The van der Waals surface area contributed by atoms with Gasteiger partial charge in [0.25, 0.3) is 0 Å². The van der Waals surface area contributed by atoms with Gasteiger partial charge in [-0.25, -0.2) is 9.97 Å². The molecule has 2 rings (SSSR count). The summed E-state index contributed by atoms with van der Waals surface area (Å²) in [5.41, 5.74) is 2.78. The molecular weight excluding hydrogens is 244 g/mol. The first-order valence-corrected chi connectivity index (χ1v) is 6.90. The number of hydrogen-bond donors (Lipinski definition) is 1. The lowest BCUT2D eigenvalue weighted by atomic mass is 10.1. The lowest BCUT2D eigenvalue weighted by Gasteiger charge is -2.05. The summed E-state index contributed by atoms with van der Waals surface area (Å²) in [6.45, 7) is 3.92. The molecule has 3 nitrogen and oxygen atoms in total. The van der Waals surface area contributed by atoms with E-state index in [1.807, 2.05) is 24.8 Å². The highest BCUT2D eigenvalue weighted by Gasteiger charge is 2.04. The molecule has 0 saturated carbocycles. The van der Waals surface area contributed by atoms with Gasteiger partial charge in [-0.1, -0.05) is 19.1 Å². The number of nitrogens with zero attached hydrogens (tertiary/aromatic N) is 2. The van der Waals surface area contributed by atoms with E-state index in [-0.39, 0.29) is 6.61 Å². The van der Waals surface area contributed by atoms with Crippen LogP contribution >= 0.6 is 11.8 Å². The van der Waals surface area contributed by atoms with Crippen LogP contribution in [0.5, 0.6) is 0 Å². The van der Waals surface area contributed by atoms with Crippen LogP contribution in [-0.4, -0.2) is 20.8 Å². The molecule has 2 aromatic rings. The molecule has 0 aliphatic carbocycles.